The van der Waals surface area contributed by atoms with Gasteiger partial charge in [0.15, 0.2) is 0 Å². The maximum Gasteiger partial charge on any atom is 0.293 e. The molecule has 7 heteroatoms. The lowest BCUT2D eigenvalue weighted by Crippen LogP contribution is -2.43. The molecule has 1 amide bonds. The van der Waals surface area contributed by atoms with E-state index >= 15 is 0 Å². The van der Waals surface area contributed by atoms with E-state index in [4.69, 9.17) is 0 Å². The van der Waals surface area contributed by atoms with Gasteiger partial charge < -0.3 is 20.3 Å². The number of piperazine rings is 1. The molecule has 0 spiro atoms. The summed E-state index contributed by atoms with van der Waals surface area (Å²) in [7, 11) is 0. The lowest BCUT2D eigenvalue weighted by molar-refractivity contribution is -0.138. The Morgan fingerprint density at radius 1 is 1.07 bits per heavy atom. The summed E-state index contributed by atoms with van der Waals surface area (Å²) < 4.78 is 5.54. The van der Waals surface area contributed by atoms with Gasteiger partial charge in [0.05, 0.1) is 0 Å². The second-order valence-electron chi connectivity index (χ2n) is 7.57. The Morgan fingerprint density at radius 3 is 2.14 bits per heavy atom. The number of carbonyl (C=O) groups excluding carboxylic acids is 2. The molecular weight excluding hydrogens is 434 g/mol. The van der Waals surface area contributed by atoms with Gasteiger partial charge in [-0.2, -0.15) is 0 Å². The standard InChI is InChI=1S/C17H18BrN3O.C5H10O2/c18-14-3-5-15(6-4-14)20-17(22)13-1-7-16(8-2-13)21-11-9-19-10-12-21;1-5(2,3)7-4-6/h1-8,19H,9-12H2,(H,20,22);4H,1-3H3. The summed E-state index contributed by atoms with van der Waals surface area (Å²) in [4.78, 5) is 24.2. The monoisotopic (exact) mass is 461 g/mol. The van der Waals surface area contributed by atoms with Crippen molar-refractivity contribution < 1.29 is 14.3 Å². The summed E-state index contributed by atoms with van der Waals surface area (Å²) in [6.07, 6.45) is 0. The molecule has 6 nitrogen and oxygen atoms in total. The molecule has 0 aliphatic carbocycles. The predicted octanol–water partition coefficient (Wildman–Crippen LogP) is 4.07. The third kappa shape index (κ3) is 8.25. The Balaban J connectivity index is 0.000000370. The zero-order chi connectivity index (χ0) is 21.3. The quantitative estimate of drug-likeness (QED) is 0.671. The van der Waals surface area contributed by atoms with Crippen LogP contribution in [0.3, 0.4) is 0 Å². The highest BCUT2D eigenvalue weighted by Gasteiger charge is 2.12. The fourth-order valence-electron chi connectivity index (χ4n) is 2.63. The summed E-state index contributed by atoms with van der Waals surface area (Å²) in [6.45, 7) is 9.94. The predicted molar refractivity (Wildman–Crippen MR) is 121 cm³/mol. The molecule has 1 fully saturated rings. The molecule has 1 saturated heterocycles. The van der Waals surface area contributed by atoms with Crippen molar-refractivity contribution in [2.75, 3.05) is 36.4 Å². The minimum atomic E-state index is -0.318. The van der Waals surface area contributed by atoms with Gasteiger partial charge in [-0.3, -0.25) is 9.59 Å². The highest BCUT2D eigenvalue weighted by atomic mass is 79.9. The smallest absolute Gasteiger partial charge is 0.293 e. The summed E-state index contributed by atoms with van der Waals surface area (Å²) in [5.74, 6) is -0.0887. The third-order valence-electron chi connectivity index (χ3n) is 4.12. The number of halogens is 1. The van der Waals surface area contributed by atoms with Crippen LogP contribution in [0.1, 0.15) is 31.1 Å². The van der Waals surface area contributed by atoms with Crippen LogP contribution in [-0.2, 0) is 9.53 Å². The van der Waals surface area contributed by atoms with Crippen LogP contribution in [0, 0.1) is 0 Å². The van der Waals surface area contributed by atoms with Crippen LogP contribution >= 0.6 is 15.9 Å². The molecule has 0 atom stereocenters. The Morgan fingerprint density at radius 2 is 1.66 bits per heavy atom. The number of benzene rings is 2. The Labute approximate surface area is 180 Å². The van der Waals surface area contributed by atoms with Crippen LogP contribution in [0.4, 0.5) is 11.4 Å². The van der Waals surface area contributed by atoms with Crippen molar-refractivity contribution in [2.45, 2.75) is 26.4 Å². The second kappa shape index (κ2) is 11.0. The molecule has 0 bridgehead atoms. The average molecular weight is 462 g/mol. The fourth-order valence-corrected chi connectivity index (χ4v) is 2.89. The number of nitrogens with zero attached hydrogens (tertiary/aromatic N) is 1. The Hall–Kier alpha value is -2.38. The molecule has 0 aromatic heterocycles. The van der Waals surface area contributed by atoms with E-state index in [1.165, 1.54) is 5.69 Å². The van der Waals surface area contributed by atoms with E-state index in [-0.39, 0.29) is 11.5 Å². The molecule has 0 unspecified atom stereocenters. The zero-order valence-corrected chi connectivity index (χ0v) is 18.7. The van der Waals surface area contributed by atoms with Gasteiger partial charge in [-0.15, -0.1) is 0 Å². The number of rotatable bonds is 4. The molecule has 156 valence electrons. The second-order valence-corrected chi connectivity index (χ2v) is 8.49. The molecule has 1 aliphatic heterocycles. The first kappa shape index (κ1) is 22.9. The van der Waals surface area contributed by atoms with Crippen molar-refractivity contribution >= 4 is 39.7 Å². The van der Waals surface area contributed by atoms with E-state index < -0.39 is 0 Å². The Kier molecular flexibility index (Phi) is 8.67. The molecule has 3 rings (SSSR count). The maximum absolute atomic E-state index is 12.2. The van der Waals surface area contributed by atoms with Crippen LogP contribution in [0.25, 0.3) is 0 Å². The number of hydrogen-bond acceptors (Lipinski definition) is 5. The van der Waals surface area contributed by atoms with Gasteiger partial charge in [-0.1, -0.05) is 15.9 Å². The molecular formula is C22H28BrN3O3. The normalized spacial score (nSPS) is 13.7. The van der Waals surface area contributed by atoms with Crippen LogP contribution in [-0.4, -0.2) is 44.2 Å². The lowest BCUT2D eigenvalue weighted by atomic mass is 10.1. The molecule has 2 aromatic carbocycles. The van der Waals surface area contributed by atoms with E-state index in [0.717, 1.165) is 36.3 Å². The van der Waals surface area contributed by atoms with E-state index in [0.29, 0.717) is 12.0 Å². The van der Waals surface area contributed by atoms with Gasteiger partial charge in [0, 0.05) is 47.6 Å². The van der Waals surface area contributed by atoms with Crippen molar-refractivity contribution in [1.29, 1.82) is 0 Å². The number of amides is 1. The summed E-state index contributed by atoms with van der Waals surface area (Å²) >= 11 is 3.38. The molecule has 0 saturated carbocycles. The molecule has 0 radical (unpaired) electrons. The van der Waals surface area contributed by atoms with E-state index in [1.54, 1.807) is 0 Å². The number of carbonyl (C=O) groups is 2. The highest BCUT2D eigenvalue weighted by molar-refractivity contribution is 9.10. The largest absolute Gasteiger partial charge is 0.462 e. The molecule has 1 heterocycles. The topological polar surface area (TPSA) is 70.7 Å². The van der Waals surface area contributed by atoms with Crippen LogP contribution in [0.15, 0.2) is 53.0 Å². The van der Waals surface area contributed by atoms with E-state index in [1.807, 2.05) is 69.3 Å². The molecule has 1 aliphatic rings. The molecule has 2 N–H and O–H groups in total. The summed E-state index contributed by atoms with van der Waals surface area (Å²) in [6, 6.07) is 15.3. The van der Waals surface area contributed by atoms with Crippen molar-refractivity contribution in [3.05, 3.63) is 58.6 Å². The van der Waals surface area contributed by atoms with Gasteiger partial charge in [0.25, 0.3) is 12.4 Å². The first-order chi connectivity index (χ1) is 13.8. The first-order valence-corrected chi connectivity index (χ1v) is 10.3. The average Bonchev–Trinajstić information content (AvgIpc) is 2.70. The van der Waals surface area contributed by atoms with Gasteiger partial charge in [0.1, 0.15) is 5.60 Å². The van der Waals surface area contributed by atoms with Crippen LogP contribution in [0.5, 0.6) is 0 Å². The van der Waals surface area contributed by atoms with Crippen molar-refractivity contribution in [3.63, 3.8) is 0 Å². The minimum Gasteiger partial charge on any atom is -0.462 e. The van der Waals surface area contributed by atoms with Gasteiger partial charge in [-0.05, 0) is 69.3 Å². The highest BCUT2D eigenvalue weighted by Crippen LogP contribution is 2.18. The van der Waals surface area contributed by atoms with Crippen molar-refractivity contribution in [3.8, 4) is 0 Å². The van der Waals surface area contributed by atoms with Crippen molar-refractivity contribution in [1.82, 2.24) is 5.32 Å². The number of anilines is 2. The third-order valence-corrected chi connectivity index (χ3v) is 4.64. The SMILES string of the molecule is CC(C)(C)OC=O.O=C(Nc1ccc(Br)cc1)c1ccc(N2CCNCC2)cc1. The molecule has 29 heavy (non-hydrogen) atoms. The van der Waals surface area contributed by atoms with Crippen LogP contribution in [0.2, 0.25) is 0 Å². The van der Waals surface area contributed by atoms with Crippen LogP contribution < -0.4 is 15.5 Å². The zero-order valence-electron chi connectivity index (χ0n) is 17.1. The fraction of sp³-hybridized carbons (Fsp3) is 0.364. The summed E-state index contributed by atoms with van der Waals surface area (Å²) in [5, 5.41) is 6.24. The lowest BCUT2D eigenvalue weighted by Gasteiger charge is -2.29. The molecule has 2 aromatic rings. The van der Waals surface area contributed by atoms with Crippen molar-refractivity contribution in [2.24, 2.45) is 0 Å². The number of ether oxygens (including phenoxy) is 1. The number of hydrogen-bond donors (Lipinski definition) is 2. The Bertz CT molecular complexity index is 780. The van der Waals surface area contributed by atoms with Gasteiger partial charge >= 0.3 is 0 Å². The van der Waals surface area contributed by atoms with E-state index in [2.05, 4.69) is 36.2 Å². The van der Waals surface area contributed by atoms with Gasteiger partial charge in [0.2, 0.25) is 0 Å². The first-order valence-electron chi connectivity index (χ1n) is 9.52. The minimum absolute atomic E-state index is 0.0887. The van der Waals surface area contributed by atoms with E-state index in [9.17, 15) is 9.59 Å². The van der Waals surface area contributed by atoms with Gasteiger partial charge in [-0.25, -0.2) is 0 Å². The summed E-state index contributed by atoms with van der Waals surface area (Å²) in [5.41, 5.74) is 2.31. The number of nitrogens with one attached hydrogen (secondary N) is 2. The maximum atomic E-state index is 12.2.